The van der Waals surface area contributed by atoms with Crippen molar-refractivity contribution in [1.29, 1.82) is 0 Å². The second-order valence-electron chi connectivity index (χ2n) is 11.3. The number of phenols is 1. The Morgan fingerprint density at radius 1 is 1.36 bits per heavy atom. The monoisotopic (exact) mass is 509 g/mol. The van der Waals surface area contributed by atoms with Gasteiger partial charge in [0.25, 0.3) is 0 Å². The van der Waals surface area contributed by atoms with Crippen molar-refractivity contribution < 1.29 is 14.7 Å². The number of fused-ring (bicyclic) bond motifs is 5. The molecule has 1 amide bonds. The van der Waals surface area contributed by atoms with Crippen molar-refractivity contribution in [2.75, 3.05) is 12.4 Å². The number of rotatable bonds is 6. The van der Waals surface area contributed by atoms with E-state index in [1.807, 2.05) is 13.8 Å². The van der Waals surface area contributed by atoms with Gasteiger partial charge in [0.1, 0.15) is 12.9 Å². The summed E-state index contributed by atoms with van der Waals surface area (Å²) < 4.78 is 0. The number of aryl methyl sites for hydroxylation is 2. The number of carbonyl (C=O) groups excluding carboxylic acids is 1. The maximum Gasteiger partial charge on any atom is 0.226 e. The molecule has 6 nitrogen and oxygen atoms in total. The molecule has 0 bridgehead atoms. The van der Waals surface area contributed by atoms with E-state index in [-0.39, 0.29) is 11.3 Å². The molecular weight excluding hydrogens is 470 g/mol. The van der Waals surface area contributed by atoms with Crippen molar-refractivity contribution in [3.8, 4) is 5.75 Å². The number of nitrogens with one attached hydrogen (secondary N) is 1. The highest BCUT2D eigenvalue weighted by molar-refractivity contribution is 7.15. The standard InChI is InChI=1S/C29H39N3O3S/c1-6-19-20-8-9-22-21(23(20)13-16(2)27(19)34)11-12-29(4)24(32-35-5)14-18(26(22)29)7-10-25(33)31-28-30-15-17(3)36-28/h13,15,18,21-22,26,34H,6-12,14H2,1-5H3,(H,30,31,33)/b32-24+. The summed E-state index contributed by atoms with van der Waals surface area (Å²) in [4.78, 5) is 23.5. The average molecular weight is 510 g/mol. The molecule has 3 aliphatic carbocycles. The fourth-order valence-electron chi connectivity index (χ4n) is 7.85. The van der Waals surface area contributed by atoms with E-state index in [4.69, 9.17) is 4.84 Å². The van der Waals surface area contributed by atoms with Crippen molar-refractivity contribution in [3.63, 3.8) is 0 Å². The average Bonchev–Trinajstić information content (AvgIpc) is 3.38. The summed E-state index contributed by atoms with van der Waals surface area (Å²) in [5.41, 5.74) is 6.20. The normalized spacial score (nSPS) is 30.0. The van der Waals surface area contributed by atoms with Gasteiger partial charge in [0.05, 0.1) is 5.71 Å². The van der Waals surface area contributed by atoms with Crippen molar-refractivity contribution in [2.24, 2.45) is 28.3 Å². The number of aromatic hydroxyl groups is 1. The van der Waals surface area contributed by atoms with Crippen molar-refractivity contribution in [1.82, 2.24) is 4.98 Å². The van der Waals surface area contributed by atoms with E-state index in [0.29, 0.717) is 41.0 Å². The summed E-state index contributed by atoms with van der Waals surface area (Å²) in [6.45, 7) is 8.57. The topological polar surface area (TPSA) is 83.8 Å². The number of benzene rings is 1. The van der Waals surface area contributed by atoms with Gasteiger partial charge in [-0.15, -0.1) is 11.3 Å². The molecule has 5 unspecified atom stereocenters. The van der Waals surface area contributed by atoms with Gasteiger partial charge >= 0.3 is 0 Å². The summed E-state index contributed by atoms with van der Waals surface area (Å²) in [5.74, 6) is 2.49. The molecule has 0 radical (unpaired) electrons. The number of phenolic OH excluding ortho intramolecular Hbond substituents is 1. The predicted molar refractivity (Wildman–Crippen MR) is 145 cm³/mol. The fraction of sp³-hybridized carbons (Fsp3) is 0.621. The SMILES string of the molecule is CCc1c(O)c(C)cc2c1CCC1C2CCC2(C)/C(=N/OC)CC(CCC(=O)Nc3ncc(C)s3)C12. The van der Waals surface area contributed by atoms with Crippen molar-refractivity contribution in [2.45, 2.75) is 85.0 Å². The van der Waals surface area contributed by atoms with Gasteiger partial charge in [-0.05, 0) is 105 Å². The lowest BCUT2D eigenvalue weighted by molar-refractivity contribution is -0.116. The van der Waals surface area contributed by atoms with Gasteiger partial charge in [-0.25, -0.2) is 4.98 Å². The predicted octanol–water partition coefficient (Wildman–Crippen LogP) is 6.53. The van der Waals surface area contributed by atoms with Crippen LogP contribution in [0.5, 0.6) is 5.75 Å². The first-order chi connectivity index (χ1) is 17.3. The molecule has 2 fully saturated rings. The van der Waals surface area contributed by atoms with E-state index in [9.17, 15) is 9.90 Å². The number of hydrogen-bond acceptors (Lipinski definition) is 6. The Labute approximate surface area is 218 Å². The van der Waals surface area contributed by atoms with Crippen LogP contribution in [0.2, 0.25) is 0 Å². The highest BCUT2D eigenvalue weighted by Gasteiger charge is 2.57. The minimum atomic E-state index is 0.0157. The van der Waals surface area contributed by atoms with E-state index in [2.05, 4.69) is 35.4 Å². The molecule has 36 heavy (non-hydrogen) atoms. The molecule has 2 aromatic rings. The Morgan fingerprint density at radius 3 is 2.86 bits per heavy atom. The lowest BCUT2D eigenvalue weighted by Crippen LogP contribution is -2.44. The molecule has 1 aromatic carbocycles. The zero-order valence-corrected chi connectivity index (χ0v) is 23.0. The third-order valence-electron chi connectivity index (χ3n) is 9.35. The molecule has 194 valence electrons. The number of thiazole rings is 1. The molecule has 1 aromatic heterocycles. The van der Waals surface area contributed by atoms with Crippen LogP contribution in [0.1, 0.15) is 85.4 Å². The van der Waals surface area contributed by atoms with Gasteiger partial charge in [0.15, 0.2) is 5.13 Å². The van der Waals surface area contributed by atoms with Crippen LogP contribution in [0.15, 0.2) is 17.4 Å². The smallest absolute Gasteiger partial charge is 0.226 e. The van der Waals surface area contributed by atoms with Gasteiger partial charge in [0, 0.05) is 22.9 Å². The van der Waals surface area contributed by atoms with Crippen LogP contribution in [0.3, 0.4) is 0 Å². The summed E-state index contributed by atoms with van der Waals surface area (Å²) in [7, 11) is 1.65. The molecule has 2 saturated carbocycles. The highest BCUT2D eigenvalue weighted by Crippen LogP contribution is 2.63. The Kier molecular flexibility index (Phi) is 6.88. The number of hydrogen-bond donors (Lipinski definition) is 2. The molecule has 0 aliphatic heterocycles. The molecule has 2 N–H and O–H groups in total. The van der Waals surface area contributed by atoms with Crippen LogP contribution in [-0.4, -0.2) is 28.8 Å². The molecule has 5 atom stereocenters. The molecule has 1 heterocycles. The maximum absolute atomic E-state index is 12.8. The largest absolute Gasteiger partial charge is 0.507 e. The third kappa shape index (κ3) is 4.23. The van der Waals surface area contributed by atoms with Gasteiger partial charge in [-0.1, -0.05) is 25.1 Å². The summed E-state index contributed by atoms with van der Waals surface area (Å²) >= 11 is 1.52. The Hall–Kier alpha value is -2.41. The van der Waals surface area contributed by atoms with E-state index < -0.39 is 0 Å². The lowest BCUT2D eigenvalue weighted by atomic mass is 9.53. The number of amides is 1. The van der Waals surface area contributed by atoms with Crippen molar-refractivity contribution >= 4 is 28.1 Å². The number of nitrogens with zero attached hydrogens (tertiary/aromatic N) is 2. The van der Waals surface area contributed by atoms with Crippen LogP contribution in [0.4, 0.5) is 5.13 Å². The van der Waals surface area contributed by atoms with Gasteiger partial charge in [-0.2, -0.15) is 0 Å². The number of aromatic nitrogens is 1. The Morgan fingerprint density at radius 2 is 2.17 bits per heavy atom. The number of carbonyl (C=O) groups is 1. The van der Waals surface area contributed by atoms with Gasteiger partial charge in [-0.3, -0.25) is 4.79 Å². The van der Waals surface area contributed by atoms with E-state index in [1.54, 1.807) is 13.3 Å². The second kappa shape index (κ2) is 9.81. The first kappa shape index (κ1) is 25.2. The number of oxime groups is 1. The zero-order valence-electron chi connectivity index (χ0n) is 22.2. The van der Waals surface area contributed by atoms with Crippen LogP contribution < -0.4 is 5.32 Å². The molecule has 3 aliphatic rings. The van der Waals surface area contributed by atoms with Crippen LogP contribution in [0.25, 0.3) is 0 Å². The molecule has 7 heteroatoms. The van der Waals surface area contributed by atoms with E-state index >= 15 is 0 Å². The number of anilines is 1. The minimum Gasteiger partial charge on any atom is -0.507 e. The summed E-state index contributed by atoms with van der Waals surface area (Å²) in [6, 6.07) is 2.26. The second-order valence-corrected chi connectivity index (χ2v) is 12.5. The van der Waals surface area contributed by atoms with E-state index in [1.165, 1.54) is 28.2 Å². The van der Waals surface area contributed by atoms with Crippen LogP contribution in [0, 0.1) is 37.0 Å². The molecular formula is C29H39N3O3S. The summed E-state index contributed by atoms with van der Waals surface area (Å²) in [6.07, 6.45) is 9.30. The highest BCUT2D eigenvalue weighted by atomic mass is 32.1. The van der Waals surface area contributed by atoms with Gasteiger partial charge < -0.3 is 15.3 Å². The Bertz CT molecular complexity index is 1190. The van der Waals surface area contributed by atoms with Crippen LogP contribution in [-0.2, 0) is 22.5 Å². The third-order valence-corrected chi connectivity index (χ3v) is 10.2. The van der Waals surface area contributed by atoms with E-state index in [0.717, 1.165) is 60.9 Å². The molecule has 0 spiro atoms. The minimum absolute atomic E-state index is 0.0157. The maximum atomic E-state index is 12.8. The van der Waals surface area contributed by atoms with Crippen molar-refractivity contribution in [3.05, 3.63) is 39.4 Å². The molecule has 0 saturated heterocycles. The summed E-state index contributed by atoms with van der Waals surface area (Å²) in [5, 5.41) is 18.9. The fourth-order valence-corrected chi connectivity index (χ4v) is 8.53. The zero-order chi connectivity index (χ0) is 25.6. The Balaban J connectivity index is 1.42. The lowest BCUT2D eigenvalue weighted by Gasteiger charge is -2.51. The first-order valence-electron chi connectivity index (χ1n) is 13.4. The van der Waals surface area contributed by atoms with Crippen LogP contribution >= 0.6 is 11.3 Å². The molecule has 5 rings (SSSR count). The van der Waals surface area contributed by atoms with Gasteiger partial charge in [0.2, 0.25) is 5.91 Å². The first-order valence-corrected chi connectivity index (χ1v) is 14.2. The quantitative estimate of drug-likeness (QED) is 0.434.